The Balaban J connectivity index is 1.49. The molecule has 0 aliphatic heterocycles. The molecule has 31 heavy (non-hydrogen) atoms. The van der Waals surface area contributed by atoms with Crippen LogP contribution in [-0.4, -0.2) is 35.3 Å². The number of aromatic nitrogens is 6. The summed E-state index contributed by atoms with van der Waals surface area (Å²) in [6, 6.07) is 7.27. The van der Waals surface area contributed by atoms with E-state index in [0.717, 1.165) is 30.8 Å². The van der Waals surface area contributed by atoms with E-state index in [0.29, 0.717) is 41.1 Å². The summed E-state index contributed by atoms with van der Waals surface area (Å²) >= 11 is 0. The molecule has 0 spiro atoms. The molecule has 1 aliphatic carbocycles. The van der Waals surface area contributed by atoms with Crippen LogP contribution in [-0.2, 0) is 19.8 Å². The number of rotatable bonds is 6. The molecule has 0 unspecified atom stereocenters. The Labute approximate surface area is 175 Å². The van der Waals surface area contributed by atoms with Crippen LogP contribution in [0.1, 0.15) is 24.0 Å². The van der Waals surface area contributed by atoms with E-state index in [9.17, 15) is 13.2 Å². The predicted molar refractivity (Wildman–Crippen MR) is 109 cm³/mol. The molecule has 1 aliphatic rings. The van der Waals surface area contributed by atoms with Crippen molar-refractivity contribution < 1.29 is 13.2 Å². The molecule has 11 heteroatoms. The number of nitrogens with one attached hydrogen (secondary N) is 2. The molecular formula is C20H19F3N8. The maximum atomic E-state index is 12.8. The zero-order valence-corrected chi connectivity index (χ0v) is 16.6. The van der Waals surface area contributed by atoms with Gasteiger partial charge in [0.15, 0.2) is 17.0 Å². The normalized spacial score (nSPS) is 14.2. The first-order chi connectivity index (χ1) is 14.9. The lowest BCUT2D eigenvalue weighted by Crippen LogP contribution is -2.09. The van der Waals surface area contributed by atoms with Crippen LogP contribution >= 0.6 is 0 Å². The van der Waals surface area contributed by atoms with Crippen LogP contribution in [0.3, 0.4) is 0 Å². The van der Waals surface area contributed by atoms with Gasteiger partial charge in [-0.3, -0.25) is 4.68 Å². The summed E-state index contributed by atoms with van der Waals surface area (Å²) < 4.78 is 42.0. The number of alkyl halides is 3. The first kappa shape index (κ1) is 19.3. The van der Waals surface area contributed by atoms with Crippen LogP contribution in [0, 0.1) is 0 Å². The average molecular weight is 428 g/mol. The molecule has 8 nitrogen and oxygen atoms in total. The highest BCUT2D eigenvalue weighted by Crippen LogP contribution is 2.31. The van der Waals surface area contributed by atoms with Crippen molar-refractivity contribution in [1.29, 1.82) is 0 Å². The highest BCUT2D eigenvalue weighted by Gasteiger charge is 2.30. The van der Waals surface area contributed by atoms with Gasteiger partial charge in [0.2, 0.25) is 5.95 Å². The molecule has 1 saturated carbocycles. The van der Waals surface area contributed by atoms with Gasteiger partial charge < -0.3 is 15.2 Å². The molecule has 5 rings (SSSR count). The van der Waals surface area contributed by atoms with Crippen LogP contribution in [0.25, 0.3) is 11.2 Å². The maximum absolute atomic E-state index is 12.8. The van der Waals surface area contributed by atoms with Gasteiger partial charge in [0.05, 0.1) is 24.6 Å². The SMILES string of the molecule is Cn1nccc1Nc1nc(NC2CC2)c2ncn(Cc3ccc(C(F)(F)F)cc3)c2n1. The van der Waals surface area contributed by atoms with Crippen molar-refractivity contribution in [1.82, 2.24) is 29.3 Å². The van der Waals surface area contributed by atoms with Gasteiger partial charge in [-0.1, -0.05) is 12.1 Å². The Morgan fingerprint density at radius 2 is 1.87 bits per heavy atom. The summed E-state index contributed by atoms with van der Waals surface area (Å²) in [5, 5.41) is 10.7. The topological polar surface area (TPSA) is 85.5 Å². The Hall–Kier alpha value is -3.63. The van der Waals surface area contributed by atoms with Gasteiger partial charge in [-0.15, -0.1) is 0 Å². The molecule has 1 fully saturated rings. The fourth-order valence-corrected chi connectivity index (χ4v) is 3.24. The fourth-order valence-electron chi connectivity index (χ4n) is 3.24. The van der Waals surface area contributed by atoms with E-state index in [-0.39, 0.29) is 0 Å². The molecule has 0 saturated heterocycles. The van der Waals surface area contributed by atoms with Crippen molar-refractivity contribution in [2.75, 3.05) is 10.6 Å². The summed E-state index contributed by atoms with van der Waals surface area (Å²) in [7, 11) is 1.80. The largest absolute Gasteiger partial charge is 0.416 e. The summed E-state index contributed by atoms with van der Waals surface area (Å²) in [5.41, 5.74) is 1.24. The van der Waals surface area contributed by atoms with Gasteiger partial charge in [0.25, 0.3) is 0 Å². The number of fused-ring (bicyclic) bond motifs is 1. The minimum atomic E-state index is -4.36. The molecule has 0 bridgehead atoms. The Morgan fingerprint density at radius 1 is 1.10 bits per heavy atom. The minimum absolute atomic E-state index is 0.333. The monoisotopic (exact) mass is 428 g/mol. The van der Waals surface area contributed by atoms with Gasteiger partial charge in [-0.05, 0) is 30.5 Å². The number of imidazole rings is 1. The lowest BCUT2D eigenvalue weighted by molar-refractivity contribution is -0.137. The van der Waals surface area contributed by atoms with E-state index in [2.05, 4.69) is 30.7 Å². The van der Waals surface area contributed by atoms with Crippen LogP contribution in [0.4, 0.5) is 30.8 Å². The zero-order valence-electron chi connectivity index (χ0n) is 16.6. The van der Waals surface area contributed by atoms with E-state index >= 15 is 0 Å². The van der Waals surface area contributed by atoms with E-state index in [1.807, 2.05) is 0 Å². The number of nitrogens with zero attached hydrogens (tertiary/aromatic N) is 6. The van der Waals surface area contributed by atoms with Gasteiger partial charge in [-0.25, -0.2) is 4.98 Å². The summed E-state index contributed by atoms with van der Waals surface area (Å²) in [6.07, 6.45) is 1.08. The third-order valence-corrected chi connectivity index (χ3v) is 5.08. The van der Waals surface area contributed by atoms with Crippen molar-refractivity contribution in [3.8, 4) is 0 Å². The maximum Gasteiger partial charge on any atom is 0.416 e. The second-order valence-electron chi connectivity index (χ2n) is 7.52. The number of hydrogen-bond acceptors (Lipinski definition) is 6. The van der Waals surface area contributed by atoms with Crippen molar-refractivity contribution in [2.45, 2.75) is 31.6 Å². The molecule has 4 aromatic rings. The van der Waals surface area contributed by atoms with Gasteiger partial charge >= 0.3 is 6.18 Å². The van der Waals surface area contributed by atoms with E-state index < -0.39 is 11.7 Å². The first-order valence-corrected chi connectivity index (χ1v) is 9.77. The number of anilines is 3. The third-order valence-electron chi connectivity index (χ3n) is 5.08. The molecule has 0 atom stereocenters. The second kappa shape index (κ2) is 7.25. The van der Waals surface area contributed by atoms with Gasteiger partial charge in [0, 0.05) is 19.2 Å². The Kier molecular flexibility index (Phi) is 4.53. The Bertz CT molecular complexity index is 1220. The van der Waals surface area contributed by atoms with Crippen LogP contribution in [0.2, 0.25) is 0 Å². The molecule has 0 radical (unpaired) electrons. The smallest absolute Gasteiger partial charge is 0.365 e. The Morgan fingerprint density at radius 3 is 2.52 bits per heavy atom. The number of halogens is 3. The average Bonchev–Trinajstić information content (AvgIpc) is 3.32. The van der Waals surface area contributed by atoms with Crippen molar-refractivity contribution >= 4 is 28.7 Å². The number of aryl methyl sites for hydroxylation is 1. The minimum Gasteiger partial charge on any atom is -0.365 e. The molecule has 2 N–H and O–H groups in total. The lowest BCUT2D eigenvalue weighted by atomic mass is 10.1. The molecule has 3 aromatic heterocycles. The second-order valence-corrected chi connectivity index (χ2v) is 7.52. The van der Waals surface area contributed by atoms with Crippen LogP contribution in [0.15, 0.2) is 42.9 Å². The molecule has 3 heterocycles. The molecule has 1 aromatic carbocycles. The quantitative estimate of drug-likeness (QED) is 0.484. The van der Waals surface area contributed by atoms with Crippen molar-refractivity contribution in [2.24, 2.45) is 7.05 Å². The summed E-state index contributed by atoms with van der Waals surface area (Å²) in [6.45, 7) is 0.333. The van der Waals surface area contributed by atoms with Crippen LogP contribution in [0.5, 0.6) is 0 Å². The van der Waals surface area contributed by atoms with Gasteiger partial charge in [0.1, 0.15) is 5.82 Å². The predicted octanol–water partition coefficient (Wildman–Crippen LogP) is 3.94. The highest BCUT2D eigenvalue weighted by atomic mass is 19.4. The van der Waals surface area contributed by atoms with Gasteiger partial charge in [-0.2, -0.15) is 28.2 Å². The standard InChI is InChI=1S/C20H19F3N8/c1-30-15(8-9-25-30)27-19-28-17(26-14-6-7-14)16-18(29-19)31(11-24-16)10-12-2-4-13(5-3-12)20(21,22)23/h2-5,8-9,11,14H,6-7,10H2,1H3,(H2,26,27,28,29). The third kappa shape index (κ3) is 4.03. The van der Waals surface area contributed by atoms with E-state index in [1.54, 1.807) is 34.9 Å². The number of benzene rings is 1. The molecular weight excluding hydrogens is 409 g/mol. The van der Waals surface area contributed by atoms with E-state index in [4.69, 9.17) is 0 Å². The van der Waals surface area contributed by atoms with Crippen molar-refractivity contribution in [3.05, 3.63) is 54.0 Å². The number of hydrogen-bond donors (Lipinski definition) is 2. The fraction of sp³-hybridized carbons (Fsp3) is 0.300. The zero-order chi connectivity index (χ0) is 21.6. The first-order valence-electron chi connectivity index (χ1n) is 9.77. The summed E-state index contributed by atoms with van der Waals surface area (Å²) in [5.74, 6) is 1.74. The highest BCUT2D eigenvalue weighted by molar-refractivity contribution is 5.85. The van der Waals surface area contributed by atoms with Crippen molar-refractivity contribution in [3.63, 3.8) is 0 Å². The summed E-state index contributed by atoms with van der Waals surface area (Å²) in [4.78, 5) is 13.6. The van der Waals surface area contributed by atoms with E-state index in [1.165, 1.54) is 12.1 Å². The lowest BCUT2D eigenvalue weighted by Gasteiger charge is -2.11. The molecule has 160 valence electrons. The molecule has 0 amide bonds. The van der Waals surface area contributed by atoms with Crippen LogP contribution < -0.4 is 10.6 Å².